The third-order valence-corrected chi connectivity index (χ3v) is 5.06. The van der Waals surface area contributed by atoms with E-state index in [0.717, 1.165) is 6.08 Å². The average molecular weight is 488 g/mol. The van der Waals surface area contributed by atoms with Crippen LogP contribution in [0.2, 0.25) is 0 Å². The number of phenolic OH excluding ortho intramolecular Hbond substituents is 1. The smallest absolute Gasteiger partial charge is 0.330 e. The van der Waals surface area contributed by atoms with Gasteiger partial charge in [0.1, 0.15) is 61.2 Å². The highest BCUT2D eigenvalue weighted by molar-refractivity contribution is 5.87. The Bertz CT molecular complexity index is 811. The second-order valence-corrected chi connectivity index (χ2v) is 7.54. The third-order valence-electron chi connectivity index (χ3n) is 5.06. The molecule has 0 aliphatic carbocycles. The lowest BCUT2D eigenvalue weighted by atomic mass is 9.99. The summed E-state index contributed by atoms with van der Waals surface area (Å²) in [5.41, 5.74) is 0.574. The fourth-order valence-electron chi connectivity index (χ4n) is 3.01. The molecule has 0 radical (unpaired) electrons. The molecule has 0 unspecified atom stereocenters. The van der Waals surface area contributed by atoms with Crippen LogP contribution in [0.15, 0.2) is 30.3 Å². The Kier molecular flexibility index (Phi) is 10.5. The first-order valence-corrected chi connectivity index (χ1v) is 10.2. The fraction of sp³-hybridized carbons (Fsp3) is 0.524. The molecule has 1 saturated heterocycles. The SMILES string of the molecule is O=C[C@H](O[C@@H]1O[C@H](CO)[C@@H](O)[C@H](O)[C@H]1O)[C@@H](O)[C@H](O)[C@H](O)COC(=O)/C=C/c1ccc(O)cc1. The molecule has 9 atom stereocenters. The van der Waals surface area contributed by atoms with E-state index in [4.69, 9.17) is 14.2 Å². The summed E-state index contributed by atoms with van der Waals surface area (Å²) >= 11 is 0. The number of phenols is 1. The summed E-state index contributed by atoms with van der Waals surface area (Å²) in [7, 11) is 0. The monoisotopic (exact) mass is 488 g/mol. The standard InChI is InChI=1S/C21H28O13/c22-7-13(33-21-20(31)19(30)18(29)14(8-23)34-21)17(28)16(27)12(25)9-32-15(26)6-3-10-1-4-11(24)5-2-10/h1-7,12-14,16-21,23-25,27-31H,8-9H2/b6-3+/t12-,13+,14-,16-,17-,18-,19+,20-,21-/m1/s1. The van der Waals surface area contributed by atoms with Gasteiger partial charge in [-0.15, -0.1) is 0 Å². The van der Waals surface area contributed by atoms with E-state index in [-0.39, 0.29) is 12.0 Å². The zero-order valence-electron chi connectivity index (χ0n) is 17.8. The minimum absolute atomic E-state index is 0.0362. The Morgan fingerprint density at radius 2 is 1.68 bits per heavy atom. The first-order chi connectivity index (χ1) is 16.1. The molecule has 1 aliphatic heterocycles. The predicted octanol–water partition coefficient (Wildman–Crippen LogP) is -3.58. The van der Waals surface area contributed by atoms with Gasteiger partial charge in [-0.2, -0.15) is 0 Å². The molecular formula is C21H28O13. The molecule has 0 bridgehead atoms. The van der Waals surface area contributed by atoms with Gasteiger partial charge in [0.05, 0.1) is 6.61 Å². The highest BCUT2D eigenvalue weighted by atomic mass is 16.7. The van der Waals surface area contributed by atoms with Gasteiger partial charge in [-0.1, -0.05) is 12.1 Å². The number of rotatable bonds is 11. The number of carbonyl (C=O) groups excluding carboxylic acids is 2. The number of aromatic hydroxyl groups is 1. The number of hydrogen-bond donors (Lipinski definition) is 8. The van der Waals surface area contributed by atoms with E-state index in [9.17, 15) is 50.4 Å². The van der Waals surface area contributed by atoms with Crippen LogP contribution >= 0.6 is 0 Å². The van der Waals surface area contributed by atoms with Crippen molar-refractivity contribution in [2.45, 2.75) is 55.1 Å². The first-order valence-electron chi connectivity index (χ1n) is 10.2. The van der Waals surface area contributed by atoms with E-state index in [2.05, 4.69) is 0 Å². The summed E-state index contributed by atoms with van der Waals surface area (Å²) < 4.78 is 14.9. The molecule has 1 aromatic rings. The van der Waals surface area contributed by atoms with Crippen LogP contribution in [0.4, 0.5) is 0 Å². The second kappa shape index (κ2) is 12.9. The van der Waals surface area contributed by atoms with Crippen molar-refractivity contribution in [3.05, 3.63) is 35.9 Å². The molecule has 2 rings (SSSR count). The molecule has 0 saturated carbocycles. The van der Waals surface area contributed by atoms with Crippen molar-refractivity contribution in [2.24, 2.45) is 0 Å². The van der Waals surface area contributed by atoms with E-state index in [1.165, 1.54) is 30.3 Å². The molecular weight excluding hydrogens is 460 g/mol. The lowest BCUT2D eigenvalue weighted by Crippen LogP contribution is -2.60. The predicted molar refractivity (Wildman–Crippen MR) is 111 cm³/mol. The van der Waals surface area contributed by atoms with Crippen LogP contribution < -0.4 is 0 Å². The molecule has 1 heterocycles. The number of aliphatic hydroxyl groups excluding tert-OH is 7. The van der Waals surface area contributed by atoms with Crippen LogP contribution in [0.3, 0.4) is 0 Å². The van der Waals surface area contributed by atoms with Gasteiger partial charge in [0, 0.05) is 6.08 Å². The van der Waals surface area contributed by atoms with Gasteiger partial charge < -0.3 is 59.9 Å². The lowest BCUT2D eigenvalue weighted by molar-refractivity contribution is -0.315. The van der Waals surface area contributed by atoms with Crippen molar-refractivity contribution in [2.75, 3.05) is 13.2 Å². The second-order valence-electron chi connectivity index (χ2n) is 7.54. The molecule has 13 heteroatoms. The quantitative estimate of drug-likeness (QED) is 0.0858. The van der Waals surface area contributed by atoms with Crippen molar-refractivity contribution in [3.8, 4) is 5.75 Å². The Labute approximate surface area is 193 Å². The zero-order valence-corrected chi connectivity index (χ0v) is 17.8. The minimum atomic E-state index is -2.08. The molecule has 190 valence electrons. The summed E-state index contributed by atoms with van der Waals surface area (Å²) in [6.45, 7) is -1.52. The van der Waals surface area contributed by atoms with Crippen molar-refractivity contribution in [1.29, 1.82) is 0 Å². The maximum Gasteiger partial charge on any atom is 0.330 e. The summed E-state index contributed by atoms with van der Waals surface area (Å²) in [5, 5.41) is 78.2. The van der Waals surface area contributed by atoms with Gasteiger partial charge in [-0.3, -0.25) is 0 Å². The number of esters is 1. The Morgan fingerprint density at radius 3 is 2.26 bits per heavy atom. The first kappa shape index (κ1) is 27.8. The molecule has 8 N–H and O–H groups in total. The lowest BCUT2D eigenvalue weighted by Gasteiger charge is -2.41. The molecule has 0 amide bonds. The molecule has 1 aliphatic rings. The molecule has 0 spiro atoms. The van der Waals surface area contributed by atoms with Gasteiger partial charge in [0.2, 0.25) is 0 Å². The number of hydrogen-bond acceptors (Lipinski definition) is 13. The van der Waals surface area contributed by atoms with E-state index in [0.29, 0.717) is 5.56 Å². The minimum Gasteiger partial charge on any atom is -0.508 e. The van der Waals surface area contributed by atoms with Crippen molar-refractivity contribution in [3.63, 3.8) is 0 Å². The van der Waals surface area contributed by atoms with Crippen LogP contribution in [0, 0.1) is 0 Å². The van der Waals surface area contributed by atoms with Crippen LogP contribution in [0.1, 0.15) is 5.56 Å². The van der Waals surface area contributed by atoms with Gasteiger partial charge in [0.15, 0.2) is 12.6 Å². The largest absolute Gasteiger partial charge is 0.508 e. The van der Waals surface area contributed by atoms with Gasteiger partial charge >= 0.3 is 5.97 Å². The van der Waals surface area contributed by atoms with Crippen molar-refractivity contribution < 1.29 is 64.7 Å². The normalized spacial score (nSPS) is 28.7. The maximum absolute atomic E-state index is 11.8. The van der Waals surface area contributed by atoms with Crippen LogP contribution in [-0.2, 0) is 23.8 Å². The van der Waals surface area contributed by atoms with Crippen LogP contribution in [0.25, 0.3) is 6.08 Å². The van der Waals surface area contributed by atoms with E-state index in [1.807, 2.05) is 0 Å². The molecule has 1 aromatic carbocycles. The van der Waals surface area contributed by atoms with Crippen molar-refractivity contribution >= 4 is 18.3 Å². The highest BCUT2D eigenvalue weighted by Crippen LogP contribution is 2.24. The molecule has 0 aromatic heterocycles. The molecule has 1 fully saturated rings. The summed E-state index contributed by atoms with van der Waals surface area (Å²) in [5.74, 6) is -0.849. The van der Waals surface area contributed by atoms with E-state index in [1.54, 1.807) is 0 Å². The molecule has 13 nitrogen and oxygen atoms in total. The van der Waals surface area contributed by atoms with Crippen molar-refractivity contribution in [1.82, 2.24) is 0 Å². The third kappa shape index (κ3) is 7.27. The van der Waals surface area contributed by atoms with E-state index < -0.39 is 74.3 Å². The summed E-state index contributed by atoms with van der Waals surface area (Å²) in [6, 6.07) is 5.87. The summed E-state index contributed by atoms with van der Waals surface area (Å²) in [6.07, 6.45) is -13.9. The highest BCUT2D eigenvalue weighted by Gasteiger charge is 2.46. The number of carbonyl (C=O) groups is 2. The summed E-state index contributed by atoms with van der Waals surface area (Å²) in [4.78, 5) is 23.2. The topological polar surface area (TPSA) is 224 Å². The Hall–Kier alpha value is -2.46. The number of benzene rings is 1. The number of aliphatic hydroxyl groups is 7. The Morgan fingerprint density at radius 1 is 1.03 bits per heavy atom. The van der Waals surface area contributed by atoms with Crippen LogP contribution in [-0.4, -0.2) is 121 Å². The zero-order chi connectivity index (χ0) is 25.4. The average Bonchev–Trinajstić information content (AvgIpc) is 2.84. The maximum atomic E-state index is 11.8. The Balaban J connectivity index is 1.90. The van der Waals surface area contributed by atoms with E-state index >= 15 is 0 Å². The fourth-order valence-corrected chi connectivity index (χ4v) is 3.01. The van der Waals surface area contributed by atoms with Gasteiger partial charge in [0.25, 0.3) is 0 Å². The number of ether oxygens (including phenoxy) is 3. The molecule has 34 heavy (non-hydrogen) atoms. The van der Waals surface area contributed by atoms with Crippen LogP contribution in [0.5, 0.6) is 5.75 Å². The van der Waals surface area contributed by atoms with Gasteiger partial charge in [-0.05, 0) is 23.8 Å². The number of aldehydes is 1. The van der Waals surface area contributed by atoms with Gasteiger partial charge in [-0.25, -0.2) is 4.79 Å².